The van der Waals surface area contributed by atoms with Gasteiger partial charge in [0.15, 0.2) is 17.4 Å². The Labute approximate surface area is 212 Å². The van der Waals surface area contributed by atoms with Gasteiger partial charge in [0, 0.05) is 25.7 Å². The Bertz CT molecular complexity index is 1030. The highest BCUT2D eigenvalue weighted by Gasteiger charge is 2.45. The molecular weight excluding hydrogens is 460 g/mol. The summed E-state index contributed by atoms with van der Waals surface area (Å²) in [6, 6.07) is 8.86. The van der Waals surface area contributed by atoms with E-state index in [4.69, 9.17) is 9.15 Å². The number of aryl methyl sites for hydroxylation is 1. The number of amides is 1. The zero-order valence-corrected chi connectivity index (χ0v) is 21.5. The summed E-state index contributed by atoms with van der Waals surface area (Å²) in [5.74, 6) is -0.886. The number of methoxy groups -OCH3 is 1. The maximum absolute atomic E-state index is 13.7. The fourth-order valence-corrected chi connectivity index (χ4v) is 5.17. The number of benzene rings is 1. The lowest BCUT2D eigenvalue weighted by molar-refractivity contribution is -0.145. The molecule has 1 fully saturated rings. The average molecular weight is 499 g/mol. The lowest BCUT2D eigenvalue weighted by Gasteiger charge is -2.32. The maximum Gasteiger partial charge on any atom is 0.306 e. The van der Waals surface area contributed by atoms with Gasteiger partial charge in [-0.05, 0) is 39.0 Å². The summed E-state index contributed by atoms with van der Waals surface area (Å²) in [6.45, 7) is 4.10. The van der Waals surface area contributed by atoms with Crippen LogP contribution in [0.5, 0.6) is 0 Å². The Balaban J connectivity index is 1.81. The summed E-state index contributed by atoms with van der Waals surface area (Å²) < 4.78 is 11.1. The molecule has 2 atom stereocenters. The number of ether oxygens (including phenoxy) is 1. The third kappa shape index (κ3) is 6.81. The molecule has 3 rings (SSSR count). The monoisotopic (exact) mass is 498 g/mol. The first-order valence-electron chi connectivity index (χ1n) is 12.9. The topological polar surface area (TPSA) is 119 Å². The van der Waals surface area contributed by atoms with Gasteiger partial charge in [0.05, 0.1) is 29.5 Å². The van der Waals surface area contributed by atoms with Crippen molar-refractivity contribution in [2.45, 2.75) is 77.7 Å². The molecule has 1 amide bonds. The molecule has 0 aliphatic heterocycles. The van der Waals surface area contributed by atoms with E-state index in [1.54, 1.807) is 0 Å². The van der Waals surface area contributed by atoms with E-state index in [1.165, 1.54) is 7.11 Å². The van der Waals surface area contributed by atoms with Crippen molar-refractivity contribution >= 4 is 17.7 Å². The Morgan fingerprint density at radius 1 is 1.19 bits per heavy atom. The highest BCUT2D eigenvalue weighted by Crippen LogP contribution is 2.44. The number of rotatable bonds is 14. The van der Waals surface area contributed by atoms with Gasteiger partial charge in [-0.2, -0.15) is 0 Å². The van der Waals surface area contributed by atoms with E-state index < -0.39 is 23.3 Å². The summed E-state index contributed by atoms with van der Waals surface area (Å²) in [5.41, 5.74) is 0.817. The standard InChI is InChI=1S/C28H38N2O6/c1-4-10-23(31)22(17-24-29-19(2)25(36-24)20-11-6-5-7-12-20)30-27(34)28(14-8-9-15-28)18-21(26(32)33)13-16-35-3/h5-7,11-12,21-22H,4,8-10,13-18H2,1-3H3,(H,30,34)(H,32,33)/t21-,22+/m1/s1. The molecule has 1 aliphatic rings. The summed E-state index contributed by atoms with van der Waals surface area (Å²) in [5, 5.41) is 12.7. The zero-order valence-electron chi connectivity index (χ0n) is 21.5. The van der Waals surface area contributed by atoms with Gasteiger partial charge in [-0.3, -0.25) is 14.4 Å². The van der Waals surface area contributed by atoms with Crippen molar-refractivity contribution in [3.63, 3.8) is 0 Å². The van der Waals surface area contributed by atoms with E-state index in [0.717, 1.165) is 24.1 Å². The van der Waals surface area contributed by atoms with Gasteiger partial charge in [-0.1, -0.05) is 50.1 Å². The second-order valence-corrected chi connectivity index (χ2v) is 9.84. The molecule has 0 bridgehead atoms. The normalized spacial score (nSPS) is 16.4. The van der Waals surface area contributed by atoms with Crippen molar-refractivity contribution in [1.82, 2.24) is 10.3 Å². The highest BCUT2D eigenvalue weighted by molar-refractivity contribution is 5.91. The molecule has 1 heterocycles. The van der Waals surface area contributed by atoms with Crippen LogP contribution in [0.3, 0.4) is 0 Å². The Kier molecular flexibility index (Phi) is 9.81. The average Bonchev–Trinajstić information content (AvgIpc) is 3.49. The second kappa shape index (κ2) is 12.8. The van der Waals surface area contributed by atoms with Crippen LogP contribution in [0.25, 0.3) is 11.3 Å². The van der Waals surface area contributed by atoms with Crippen molar-refractivity contribution in [3.05, 3.63) is 41.9 Å². The summed E-state index contributed by atoms with van der Waals surface area (Å²) in [4.78, 5) is 43.1. The number of hydrogen-bond donors (Lipinski definition) is 2. The van der Waals surface area contributed by atoms with Crippen LogP contribution in [0, 0.1) is 18.3 Å². The van der Waals surface area contributed by atoms with Crippen LogP contribution < -0.4 is 5.32 Å². The molecule has 1 aliphatic carbocycles. The van der Waals surface area contributed by atoms with E-state index in [2.05, 4.69) is 10.3 Å². The number of aliphatic carboxylic acids is 1. The van der Waals surface area contributed by atoms with Crippen LogP contribution in [-0.4, -0.2) is 47.5 Å². The first kappa shape index (κ1) is 27.6. The van der Waals surface area contributed by atoms with Crippen molar-refractivity contribution in [2.24, 2.45) is 11.3 Å². The van der Waals surface area contributed by atoms with Crippen LogP contribution in [-0.2, 0) is 25.5 Å². The molecule has 0 radical (unpaired) electrons. The number of aromatic nitrogens is 1. The zero-order chi connectivity index (χ0) is 26.1. The number of nitrogens with one attached hydrogen (secondary N) is 1. The molecule has 36 heavy (non-hydrogen) atoms. The molecule has 1 aromatic carbocycles. The largest absolute Gasteiger partial charge is 0.481 e. The van der Waals surface area contributed by atoms with E-state index >= 15 is 0 Å². The third-order valence-corrected chi connectivity index (χ3v) is 7.15. The quantitative estimate of drug-likeness (QED) is 0.386. The number of nitrogens with zero attached hydrogens (tertiary/aromatic N) is 1. The second-order valence-electron chi connectivity index (χ2n) is 9.84. The smallest absolute Gasteiger partial charge is 0.306 e. The van der Waals surface area contributed by atoms with Gasteiger partial charge < -0.3 is 19.6 Å². The lowest BCUT2D eigenvalue weighted by atomic mass is 9.75. The molecule has 1 saturated carbocycles. The lowest BCUT2D eigenvalue weighted by Crippen LogP contribution is -2.49. The minimum absolute atomic E-state index is 0.0784. The van der Waals surface area contributed by atoms with Gasteiger partial charge in [-0.25, -0.2) is 4.98 Å². The molecule has 0 unspecified atom stereocenters. The first-order valence-corrected chi connectivity index (χ1v) is 12.9. The highest BCUT2D eigenvalue weighted by atomic mass is 16.5. The van der Waals surface area contributed by atoms with Gasteiger partial charge in [-0.15, -0.1) is 0 Å². The Morgan fingerprint density at radius 2 is 1.89 bits per heavy atom. The van der Waals surface area contributed by atoms with E-state index in [9.17, 15) is 19.5 Å². The number of carboxylic acid groups (broad SMARTS) is 1. The minimum Gasteiger partial charge on any atom is -0.481 e. The van der Waals surface area contributed by atoms with E-state index in [1.807, 2.05) is 44.2 Å². The molecule has 1 aromatic heterocycles. The Hall–Kier alpha value is -3.00. The number of ketones is 1. The third-order valence-electron chi connectivity index (χ3n) is 7.15. The molecule has 8 heteroatoms. The first-order chi connectivity index (χ1) is 17.3. The van der Waals surface area contributed by atoms with E-state index in [0.29, 0.717) is 50.4 Å². The molecule has 2 N–H and O–H groups in total. The number of carbonyl (C=O) groups excluding carboxylic acids is 2. The molecule has 0 spiro atoms. The van der Waals surface area contributed by atoms with E-state index in [-0.39, 0.29) is 24.5 Å². The molecule has 8 nitrogen and oxygen atoms in total. The fourth-order valence-electron chi connectivity index (χ4n) is 5.17. The van der Waals surface area contributed by atoms with Crippen LogP contribution in [0.1, 0.15) is 69.9 Å². The molecule has 2 aromatic rings. The minimum atomic E-state index is -0.923. The van der Waals surface area contributed by atoms with Crippen LogP contribution in [0.15, 0.2) is 34.7 Å². The van der Waals surface area contributed by atoms with Gasteiger partial charge in [0.25, 0.3) is 0 Å². The molecule has 196 valence electrons. The van der Waals surface area contributed by atoms with Gasteiger partial charge >= 0.3 is 5.97 Å². The van der Waals surface area contributed by atoms with Gasteiger partial charge in [0.2, 0.25) is 5.91 Å². The number of carboxylic acids is 1. The Morgan fingerprint density at radius 3 is 2.50 bits per heavy atom. The summed E-state index contributed by atoms with van der Waals surface area (Å²) >= 11 is 0. The molecular formula is C28H38N2O6. The SMILES string of the molecule is CCCC(=O)[C@H](Cc1nc(C)c(-c2ccccc2)o1)NC(=O)C1(C[C@@H](CCOC)C(=O)O)CCCC1. The fraction of sp³-hybridized carbons (Fsp3) is 0.571. The number of carbonyl (C=O) groups is 3. The van der Waals surface area contributed by atoms with Crippen molar-refractivity contribution in [1.29, 1.82) is 0 Å². The predicted octanol–water partition coefficient (Wildman–Crippen LogP) is 4.73. The van der Waals surface area contributed by atoms with Crippen LogP contribution in [0.2, 0.25) is 0 Å². The number of Topliss-reactive ketones (excluding diaryl/α,β-unsaturated/α-hetero) is 1. The molecule has 0 saturated heterocycles. The predicted molar refractivity (Wildman–Crippen MR) is 135 cm³/mol. The maximum atomic E-state index is 13.7. The summed E-state index contributed by atoms with van der Waals surface area (Å²) in [6.07, 6.45) is 4.66. The number of hydrogen-bond acceptors (Lipinski definition) is 6. The van der Waals surface area contributed by atoms with Crippen LogP contribution in [0.4, 0.5) is 0 Å². The van der Waals surface area contributed by atoms with Gasteiger partial charge in [0.1, 0.15) is 0 Å². The number of oxazole rings is 1. The van der Waals surface area contributed by atoms with Crippen molar-refractivity contribution in [2.75, 3.05) is 13.7 Å². The van der Waals surface area contributed by atoms with Crippen molar-refractivity contribution < 1.29 is 28.6 Å². The summed E-state index contributed by atoms with van der Waals surface area (Å²) in [7, 11) is 1.54. The van der Waals surface area contributed by atoms with Crippen molar-refractivity contribution in [3.8, 4) is 11.3 Å². The van der Waals surface area contributed by atoms with Crippen LogP contribution >= 0.6 is 0 Å².